The molecule has 1 fully saturated rings. The van der Waals surface area contributed by atoms with Gasteiger partial charge in [-0.3, -0.25) is 4.90 Å². The lowest BCUT2D eigenvalue weighted by Gasteiger charge is -2.35. The topological polar surface area (TPSA) is 6.48 Å². The van der Waals surface area contributed by atoms with Crippen LogP contribution in [-0.4, -0.2) is 37.1 Å². The van der Waals surface area contributed by atoms with Crippen molar-refractivity contribution in [3.05, 3.63) is 29.3 Å². The summed E-state index contributed by atoms with van der Waals surface area (Å²) in [6.45, 7) is 6.92. The smallest absolute Gasteiger partial charge is 0.0716 e. The molecule has 0 aromatic heterocycles. The number of rotatable bonds is 1. The van der Waals surface area contributed by atoms with Gasteiger partial charge in [-0.1, -0.05) is 17.9 Å². The van der Waals surface area contributed by atoms with E-state index < -0.39 is 0 Å². The Morgan fingerprint density at radius 1 is 1.19 bits per heavy atom. The van der Waals surface area contributed by atoms with E-state index in [1.165, 1.54) is 55.6 Å². The van der Waals surface area contributed by atoms with Gasteiger partial charge in [-0.15, -0.1) is 0 Å². The molecule has 2 aliphatic rings. The molecule has 112 valence electrons. The van der Waals surface area contributed by atoms with Gasteiger partial charge in [0, 0.05) is 23.8 Å². The van der Waals surface area contributed by atoms with E-state index in [-0.39, 0.29) is 0 Å². The van der Waals surface area contributed by atoms with E-state index in [4.69, 9.17) is 0 Å². The lowest BCUT2D eigenvalue weighted by molar-refractivity contribution is 0.365. The number of nitrogens with zero attached hydrogens (tertiary/aromatic N) is 2. The fourth-order valence-corrected chi connectivity index (χ4v) is 3.56. The lowest BCUT2D eigenvalue weighted by Crippen LogP contribution is -2.35. The van der Waals surface area contributed by atoms with Crippen LogP contribution in [0.3, 0.4) is 0 Å². The van der Waals surface area contributed by atoms with Crippen LogP contribution < -0.4 is 4.90 Å². The maximum Gasteiger partial charge on any atom is 0.0716 e. The first kappa shape index (κ1) is 14.5. The van der Waals surface area contributed by atoms with Gasteiger partial charge in [0.15, 0.2) is 0 Å². The number of anilines is 1. The molecule has 0 N–H and O–H groups in total. The highest BCUT2D eigenvalue weighted by Gasteiger charge is 2.21. The maximum atomic E-state index is 3.50. The van der Waals surface area contributed by atoms with E-state index in [0.717, 1.165) is 0 Å². The largest absolute Gasteiger partial charge is 0.369 e. The number of hydrogen-bond donors (Lipinski definition) is 0. The quantitative estimate of drug-likeness (QED) is 0.729. The molecular weight excluding hydrogens is 256 g/mol. The molecule has 2 nitrogen and oxygen atoms in total. The Morgan fingerprint density at radius 2 is 2.05 bits per heavy atom. The Balaban J connectivity index is 1.90. The molecule has 1 atom stereocenters. The van der Waals surface area contributed by atoms with Crippen LogP contribution in [0, 0.1) is 11.8 Å². The zero-order valence-corrected chi connectivity index (χ0v) is 13.5. The monoisotopic (exact) mass is 282 g/mol. The number of fused-ring (bicyclic) bond motifs is 1. The van der Waals surface area contributed by atoms with Crippen LogP contribution in [0.25, 0.3) is 0 Å². The maximum absolute atomic E-state index is 3.50. The van der Waals surface area contributed by atoms with Crippen molar-refractivity contribution in [1.82, 2.24) is 4.90 Å². The minimum absolute atomic E-state index is 0.450. The van der Waals surface area contributed by atoms with Gasteiger partial charge in [0.2, 0.25) is 0 Å². The molecule has 2 heterocycles. The minimum Gasteiger partial charge on any atom is -0.369 e. The van der Waals surface area contributed by atoms with Crippen molar-refractivity contribution < 1.29 is 0 Å². The minimum atomic E-state index is 0.450. The van der Waals surface area contributed by atoms with Crippen LogP contribution in [0.15, 0.2) is 18.2 Å². The molecule has 1 aromatic carbocycles. The van der Waals surface area contributed by atoms with Gasteiger partial charge in [-0.2, -0.15) is 0 Å². The van der Waals surface area contributed by atoms with Gasteiger partial charge in [-0.25, -0.2) is 0 Å². The molecule has 0 saturated carbocycles. The van der Waals surface area contributed by atoms with Crippen molar-refractivity contribution >= 4 is 5.69 Å². The van der Waals surface area contributed by atoms with Gasteiger partial charge < -0.3 is 4.90 Å². The van der Waals surface area contributed by atoms with Crippen LogP contribution in [0.5, 0.6) is 0 Å². The summed E-state index contributed by atoms with van der Waals surface area (Å²) in [4.78, 5) is 4.90. The van der Waals surface area contributed by atoms with Crippen molar-refractivity contribution in [2.24, 2.45) is 0 Å². The Labute approximate surface area is 129 Å². The predicted octanol–water partition coefficient (Wildman–Crippen LogP) is 3.29. The number of hydrogen-bond acceptors (Lipinski definition) is 2. The van der Waals surface area contributed by atoms with Crippen LogP contribution in [0.2, 0.25) is 0 Å². The molecule has 0 bridgehead atoms. The summed E-state index contributed by atoms with van der Waals surface area (Å²) in [5, 5.41) is 0. The van der Waals surface area contributed by atoms with Gasteiger partial charge >= 0.3 is 0 Å². The van der Waals surface area contributed by atoms with Crippen molar-refractivity contribution in [2.45, 2.75) is 51.6 Å². The Bertz CT molecular complexity index is 565. The summed E-state index contributed by atoms with van der Waals surface area (Å²) in [5.74, 6) is 6.99. The van der Waals surface area contributed by atoms with E-state index in [1.54, 1.807) is 0 Å². The molecule has 0 amide bonds. The van der Waals surface area contributed by atoms with Gasteiger partial charge in [0.05, 0.1) is 6.04 Å². The fraction of sp³-hybridized carbons (Fsp3) is 0.579. The molecular formula is C19H26N2. The van der Waals surface area contributed by atoms with Crippen LogP contribution >= 0.6 is 0 Å². The average Bonchev–Trinajstić information content (AvgIpc) is 2.89. The Kier molecular flexibility index (Phi) is 4.22. The molecule has 3 rings (SSSR count). The average molecular weight is 282 g/mol. The molecule has 1 saturated heterocycles. The first-order chi connectivity index (χ1) is 10.2. The van der Waals surface area contributed by atoms with Crippen LogP contribution in [0.4, 0.5) is 5.69 Å². The SMILES string of the molecule is CC(C)N1CCCc2c(C#CC3CCCN3C)cccc21. The summed E-state index contributed by atoms with van der Waals surface area (Å²) in [6, 6.07) is 7.65. The van der Waals surface area contributed by atoms with E-state index in [2.05, 4.69) is 60.7 Å². The molecule has 0 aliphatic carbocycles. The fourth-order valence-electron chi connectivity index (χ4n) is 3.56. The number of likely N-dealkylation sites (tertiary alicyclic amines) is 1. The van der Waals surface area contributed by atoms with Crippen LogP contribution in [0.1, 0.15) is 44.2 Å². The predicted molar refractivity (Wildman–Crippen MR) is 89.8 cm³/mol. The van der Waals surface area contributed by atoms with Gasteiger partial charge in [0.25, 0.3) is 0 Å². The van der Waals surface area contributed by atoms with Crippen molar-refractivity contribution in [3.63, 3.8) is 0 Å². The molecule has 21 heavy (non-hydrogen) atoms. The standard InChI is InChI=1S/C19H26N2/c1-15(2)21-14-6-9-18-16(7-4-10-19(18)21)11-12-17-8-5-13-20(17)3/h4,7,10,15,17H,5-6,8-9,13-14H2,1-3H3. The van der Waals surface area contributed by atoms with E-state index >= 15 is 0 Å². The number of benzene rings is 1. The van der Waals surface area contributed by atoms with Crippen LogP contribution in [-0.2, 0) is 6.42 Å². The zero-order valence-electron chi connectivity index (χ0n) is 13.5. The Hall–Kier alpha value is -1.46. The summed E-state index contributed by atoms with van der Waals surface area (Å²) < 4.78 is 0. The first-order valence-electron chi connectivity index (χ1n) is 8.27. The second kappa shape index (κ2) is 6.12. The second-order valence-electron chi connectivity index (χ2n) is 6.60. The Morgan fingerprint density at radius 3 is 2.76 bits per heavy atom. The summed E-state index contributed by atoms with van der Waals surface area (Å²) >= 11 is 0. The van der Waals surface area contributed by atoms with E-state index in [1.807, 2.05) is 0 Å². The molecule has 1 unspecified atom stereocenters. The zero-order chi connectivity index (χ0) is 14.8. The molecule has 2 heteroatoms. The summed E-state index contributed by atoms with van der Waals surface area (Å²) in [7, 11) is 2.19. The summed E-state index contributed by atoms with van der Waals surface area (Å²) in [6.07, 6.45) is 4.91. The summed E-state index contributed by atoms with van der Waals surface area (Å²) in [5.41, 5.74) is 4.12. The van der Waals surface area contributed by atoms with Crippen molar-refractivity contribution in [2.75, 3.05) is 25.0 Å². The lowest BCUT2D eigenvalue weighted by atomic mass is 9.95. The first-order valence-corrected chi connectivity index (χ1v) is 8.27. The molecule has 1 aromatic rings. The van der Waals surface area contributed by atoms with Crippen molar-refractivity contribution in [1.29, 1.82) is 0 Å². The highest BCUT2D eigenvalue weighted by Crippen LogP contribution is 2.31. The van der Waals surface area contributed by atoms with E-state index in [9.17, 15) is 0 Å². The molecule has 0 spiro atoms. The highest BCUT2D eigenvalue weighted by atomic mass is 15.2. The normalized spacial score (nSPS) is 22.1. The molecule has 2 aliphatic heterocycles. The molecule has 0 radical (unpaired) electrons. The third kappa shape index (κ3) is 2.94. The third-order valence-corrected chi connectivity index (χ3v) is 4.80. The van der Waals surface area contributed by atoms with Gasteiger partial charge in [-0.05, 0) is 70.8 Å². The van der Waals surface area contributed by atoms with Gasteiger partial charge in [0.1, 0.15) is 0 Å². The highest BCUT2D eigenvalue weighted by molar-refractivity contribution is 5.62. The third-order valence-electron chi connectivity index (χ3n) is 4.80. The van der Waals surface area contributed by atoms with Crippen molar-refractivity contribution in [3.8, 4) is 11.8 Å². The van der Waals surface area contributed by atoms with E-state index in [0.29, 0.717) is 12.1 Å². The second-order valence-corrected chi connectivity index (χ2v) is 6.60.